The maximum Gasteiger partial charge on any atom is 0.172 e. The molecule has 1 fully saturated rings. The molecule has 0 aromatic heterocycles. The van der Waals surface area contributed by atoms with Gasteiger partial charge in [0.25, 0.3) is 0 Å². The lowest BCUT2D eigenvalue weighted by molar-refractivity contribution is -0.205. The molecule has 0 radical (unpaired) electrons. The summed E-state index contributed by atoms with van der Waals surface area (Å²) in [6.45, 7) is -0.0734. The van der Waals surface area contributed by atoms with Gasteiger partial charge in [0.05, 0.1) is 12.6 Å². The topological polar surface area (TPSA) is 95.9 Å². The highest BCUT2D eigenvalue weighted by Gasteiger charge is 2.34. The molecule has 1 rings (SSSR count). The van der Waals surface area contributed by atoms with Gasteiger partial charge >= 0.3 is 0 Å². The number of hydrogen-bond donors (Lipinski definition) is 4. The first-order valence-corrected chi connectivity index (χ1v) is 3.04. The van der Waals surface area contributed by atoms with Crippen LogP contribution in [-0.2, 0) is 4.74 Å². The first-order chi connectivity index (χ1) is 4.63. The van der Waals surface area contributed by atoms with Gasteiger partial charge in [-0.15, -0.1) is 0 Å². The molecule has 60 valence electrons. The molecule has 0 aromatic rings. The highest BCUT2D eigenvalue weighted by molar-refractivity contribution is 4.84. The maximum atomic E-state index is 9.00. The summed E-state index contributed by atoms with van der Waals surface area (Å²) >= 11 is 0. The van der Waals surface area contributed by atoms with Crippen LogP contribution in [0.3, 0.4) is 0 Å². The first-order valence-electron chi connectivity index (χ1n) is 3.04. The first kappa shape index (κ1) is 7.90. The molecule has 1 saturated heterocycles. The van der Waals surface area contributed by atoms with Gasteiger partial charge in [-0.1, -0.05) is 0 Å². The second-order valence-electron chi connectivity index (χ2n) is 2.36. The molecule has 0 aliphatic carbocycles. The lowest BCUT2D eigenvalue weighted by atomic mass is 10.0. The van der Waals surface area contributed by atoms with Gasteiger partial charge in [-0.3, -0.25) is 0 Å². The molecule has 0 spiro atoms. The van der Waals surface area contributed by atoms with Crippen molar-refractivity contribution in [2.45, 2.75) is 24.5 Å². The van der Waals surface area contributed by atoms with Gasteiger partial charge in [-0.05, 0) is 0 Å². The molecule has 5 heteroatoms. The summed E-state index contributed by atoms with van der Waals surface area (Å²) in [5.41, 5.74) is 5.23. The van der Waals surface area contributed by atoms with Gasteiger partial charge in [0.2, 0.25) is 0 Å². The van der Waals surface area contributed by atoms with Crippen LogP contribution in [0.2, 0.25) is 0 Å². The monoisotopic (exact) mass is 149 g/mol. The highest BCUT2D eigenvalue weighted by atomic mass is 16.6. The van der Waals surface area contributed by atoms with Crippen molar-refractivity contribution in [3.63, 3.8) is 0 Å². The van der Waals surface area contributed by atoms with Crippen molar-refractivity contribution in [3.05, 3.63) is 0 Å². The molecule has 1 unspecified atom stereocenters. The van der Waals surface area contributed by atoms with Crippen molar-refractivity contribution in [1.82, 2.24) is 0 Å². The number of aliphatic hydroxyl groups is 3. The molecule has 5 N–H and O–H groups in total. The van der Waals surface area contributed by atoms with Gasteiger partial charge in [0.15, 0.2) is 6.29 Å². The lowest BCUT2D eigenvalue weighted by Crippen LogP contribution is -2.57. The summed E-state index contributed by atoms with van der Waals surface area (Å²) in [6.07, 6.45) is -3.25. The zero-order chi connectivity index (χ0) is 7.72. The van der Waals surface area contributed by atoms with E-state index < -0.39 is 24.5 Å². The van der Waals surface area contributed by atoms with Crippen molar-refractivity contribution in [2.75, 3.05) is 6.61 Å². The van der Waals surface area contributed by atoms with Crippen LogP contribution in [-0.4, -0.2) is 46.5 Å². The molecule has 5 nitrogen and oxygen atoms in total. The molecule has 0 amide bonds. The highest BCUT2D eigenvalue weighted by Crippen LogP contribution is 2.10. The molecule has 1 aliphatic rings. The summed E-state index contributed by atoms with van der Waals surface area (Å²) in [6, 6.07) is -0.913. The lowest BCUT2D eigenvalue weighted by Gasteiger charge is -2.32. The zero-order valence-electron chi connectivity index (χ0n) is 5.34. The normalized spacial score (nSPS) is 49.2. The average Bonchev–Trinajstić information content (AvgIpc) is 1.93. The molecule has 1 heterocycles. The number of ether oxygens (including phenoxy) is 1. The minimum Gasteiger partial charge on any atom is -0.389 e. The fraction of sp³-hybridized carbons (Fsp3) is 1.00. The van der Waals surface area contributed by atoms with E-state index in [0.717, 1.165) is 0 Å². The third-order valence-electron chi connectivity index (χ3n) is 1.56. The number of hydrogen-bond acceptors (Lipinski definition) is 5. The second-order valence-corrected chi connectivity index (χ2v) is 2.36. The van der Waals surface area contributed by atoms with E-state index in [9.17, 15) is 0 Å². The fourth-order valence-electron chi connectivity index (χ4n) is 0.832. The predicted octanol–water partition coefficient (Wildman–Crippen LogP) is -2.62. The van der Waals surface area contributed by atoms with Gasteiger partial charge < -0.3 is 25.8 Å². The standard InChI is InChI=1S/C5H11NO4/c6-3-4(8)2(7)1-10-5(3)9/h2-5,7-9H,1,6H2/t2-,3+,4-,5?/m1/s1. The van der Waals surface area contributed by atoms with Gasteiger partial charge in [0.1, 0.15) is 12.2 Å². The van der Waals surface area contributed by atoms with Crippen LogP contribution in [0.25, 0.3) is 0 Å². The third-order valence-corrected chi connectivity index (χ3v) is 1.56. The Kier molecular flexibility index (Phi) is 2.22. The van der Waals surface area contributed by atoms with Gasteiger partial charge in [-0.2, -0.15) is 0 Å². The SMILES string of the molecule is N[C@@H]1C(O)OC[C@@H](O)[C@H]1O. The smallest absolute Gasteiger partial charge is 0.172 e. The molecular formula is C5H11NO4. The van der Waals surface area contributed by atoms with Crippen LogP contribution in [0.15, 0.2) is 0 Å². The summed E-state index contributed by atoms with van der Waals surface area (Å²) < 4.78 is 4.59. The predicted molar refractivity (Wildman–Crippen MR) is 31.9 cm³/mol. The van der Waals surface area contributed by atoms with Crippen LogP contribution >= 0.6 is 0 Å². The van der Waals surface area contributed by atoms with Crippen LogP contribution in [0, 0.1) is 0 Å². The average molecular weight is 149 g/mol. The summed E-state index contributed by atoms with van der Waals surface area (Å²) in [4.78, 5) is 0. The minimum absolute atomic E-state index is 0.0734. The van der Waals surface area contributed by atoms with E-state index in [-0.39, 0.29) is 6.61 Å². The van der Waals surface area contributed by atoms with Gasteiger partial charge in [-0.25, -0.2) is 0 Å². The van der Waals surface area contributed by atoms with Crippen LogP contribution in [0.4, 0.5) is 0 Å². The molecule has 0 bridgehead atoms. The summed E-state index contributed by atoms with van der Waals surface area (Å²) in [5.74, 6) is 0. The van der Waals surface area contributed by atoms with Crippen molar-refractivity contribution in [1.29, 1.82) is 0 Å². The summed E-state index contributed by atoms with van der Waals surface area (Å²) in [5, 5.41) is 26.7. The molecule has 1 aliphatic heterocycles. The van der Waals surface area contributed by atoms with Crippen molar-refractivity contribution >= 4 is 0 Å². The Bertz CT molecular complexity index is 106. The molecular weight excluding hydrogens is 138 g/mol. The molecule has 10 heavy (non-hydrogen) atoms. The Morgan fingerprint density at radius 1 is 1.30 bits per heavy atom. The van der Waals surface area contributed by atoms with Crippen LogP contribution < -0.4 is 5.73 Å². The molecule has 4 atom stereocenters. The van der Waals surface area contributed by atoms with Crippen molar-refractivity contribution in [2.24, 2.45) is 5.73 Å². The van der Waals surface area contributed by atoms with Crippen LogP contribution in [0.5, 0.6) is 0 Å². The Balaban J connectivity index is 2.52. The van der Waals surface area contributed by atoms with Crippen LogP contribution in [0.1, 0.15) is 0 Å². The maximum absolute atomic E-state index is 9.00. The van der Waals surface area contributed by atoms with E-state index in [1.165, 1.54) is 0 Å². The quantitative estimate of drug-likeness (QED) is 0.302. The van der Waals surface area contributed by atoms with Crippen molar-refractivity contribution in [3.8, 4) is 0 Å². The largest absolute Gasteiger partial charge is 0.389 e. The van der Waals surface area contributed by atoms with E-state index in [2.05, 4.69) is 4.74 Å². The fourth-order valence-corrected chi connectivity index (χ4v) is 0.832. The Morgan fingerprint density at radius 2 is 1.90 bits per heavy atom. The number of rotatable bonds is 0. The van der Waals surface area contributed by atoms with Crippen molar-refractivity contribution < 1.29 is 20.1 Å². The van der Waals surface area contributed by atoms with E-state index in [1.807, 2.05) is 0 Å². The number of nitrogens with two attached hydrogens (primary N) is 1. The Labute approximate surface area is 58.0 Å². The van der Waals surface area contributed by atoms with E-state index in [1.54, 1.807) is 0 Å². The summed E-state index contributed by atoms with van der Waals surface area (Å²) in [7, 11) is 0. The Morgan fingerprint density at radius 3 is 2.40 bits per heavy atom. The van der Waals surface area contributed by atoms with E-state index >= 15 is 0 Å². The Hall–Kier alpha value is -0.200. The van der Waals surface area contributed by atoms with Gasteiger partial charge in [0, 0.05) is 0 Å². The molecule has 0 aromatic carbocycles. The van der Waals surface area contributed by atoms with E-state index in [0.29, 0.717) is 0 Å². The number of aliphatic hydroxyl groups excluding tert-OH is 3. The third kappa shape index (κ3) is 1.28. The van der Waals surface area contributed by atoms with E-state index in [4.69, 9.17) is 21.1 Å². The minimum atomic E-state index is -1.17. The second kappa shape index (κ2) is 2.81. The zero-order valence-corrected chi connectivity index (χ0v) is 5.34. The molecule has 0 saturated carbocycles.